The minimum atomic E-state index is -0.00321. The van der Waals surface area contributed by atoms with Gasteiger partial charge in [0, 0.05) is 11.6 Å². The first kappa shape index (κ1) is 13.5. The van der Waals surface area contributed by atoms with E-state index in [1.54, 1.807) is 0 Å². The number of hydrogen-bond donors (Lipinski definition) is 2. The molecule has 3 N–H and O–H groups in total. The lowest BCUT2D eigenvalue weighted by Crippen LogP contribution is -2.52. The summed E-state index contributed by atoms with van der Waals surface area (Å²) in [5.74, 6) is 0.528. The summed E-state index contributed by atoms with van der Waals surface area (Å²) in [7, 11) is 0. The van der Waals surface area contributed by atoms with E-state index in [0.717, 1.165) is 25.8 Å². The quantitative estimate of drug-likeness (QED) is 0.718. The molecule has 1 saturated carbocycles. The van der Waals surface area contributed by atoms with Gasteiger partial charge >= 0.3 is 0 Å². The molecule has 0 bridgehead atoms. The molecule has 2 nitrogen and oxygen atoms in total. The molecule has 1 aliphatic carbocycles. The Hall–Kier alpha value is -0.600. The van der Waals surface area contributed by atoms with Gasteiger partial charge in [0.1, 0.15) is 0 Å². The van der Waals surface area contributed by atoms with E-state index in [-0.39, 0.29) is 5.54 Å². The van der Waals surface area contributed by atoms with Crippen molar-refractivity contribution in [1.82, 2.24) is 5.32 Å². The topological polar surface area (TPSA) is 38.0 Å². The summed E-state index contributed by atoms with van der Waals surface area (Å²) >= 11 is 0. The number of nitrogens with two attached hydrogens (primary N) is 1. The van der Waals surface area contributed by atoms with Crippen molar-refractivity contribution in [3.8, 4) is 0 Å². The lowest BCUT2D eigenvalue weighted by molar-refractivity contribution is 0.257. The second kappa shape index (κ2) is 5.15. The second-order valence-corrected chi connectivity index (χ2v) is 5.64. The Morgan fingerprint density at radius 3 is 2.69 bits per heavy atom. The molecular formula is C14H26N2. The van der Waals surface area contributed by atoms with Crippen LogP contribution in [0.15, 0.2) is 24.3 Å². The van der Waals surface area contributed by atoms with Crippen LogP contribution in [0.1, 0.15) is 40.0 Å². The van der Waals surface area contributed by atoms with Crippen molar-refractivity contribution < 1.29 is 0 Å². The molecule has 0 heterocycles. The fourth-order valence-corrected chi connectivity index (χ4v) is 2.23. The molecule has 1 aliphatic rings. The van der Waals surface area contributed by atoms with E-state index in [9.17, 15) is 0 Å². The maximum absolute atomic E-state index is 5.85. The molecule has 0 spiro atoms. The highest BCUT2D eigenvalue weighted by Gasteiger charge is 2.30. The molecule has 2 unspecified atom stereocenters. The first-order valence-corrected chi connectivity index (χ1v) is 6.17. The lowest BCUT2D eigenvalue weighted by Gasteiger charge is -2.39. The fourth-order valence-electron chi connectivity index (χ4n) is 2.23. The van der Waals surface area contributed by atoms with Crippen LogP contribution in [-0.4, -0.2) is 18.1 Å². The van der Waals surface area contributed by atoms with Crippen molar-refractivity contribution in [3.05, 3.63) is 24.3 Å². The average Bonchev–Trinajstić information content (AvgIpc) is 2.20. The third-order valence-electron chi connectivity index (χ3n) is 3.84. The molecule has 16 heavy (non-hydrogen) atoms. The summed E-state index contributed by atoms with van der Waals surface area (Å²) < 4.78 is 0. The second-order valence-electron chi connectivity index (χ2n) is 5.64. The van der Waals surface area contributed by atoms with Crippen LogP contribution in [0.3, 0.4) is 0 Å². The fraction of sp³-hybridized carbons (Fsp3) is 0.714. The van der Waals surface area contributed by atoms with Crippen LogP contribution in [0.4, 0.5) is 0 Å². The zero-order valence-corrected chi connectivity index (χ0v) is 11.0. The van der Waals surface area contributed by atoms with Crippen LogP contribution in [0, 0.1) is 5.92 Å². The maximum Gasteiger partial charge on any atom is 0.0333 e. The molecule has 0 aromatic heterocycles. The lowest BCUT2D eigenvalue weighted by atomic mass is 9.80. The zero-order valence-electron chi connectivity index (χ0n) is 11.0. The van der Waals surface area contributed by atoms with Crippen LogP contribution in [-0.2, 0) is 0 Å². The van der Waals surface area contributed by atoms with Gasteiger partial charge in [0.25, 0.3) is 0 Å². The molecule has 0 radical (unpaired) electrons. The Bertz CT molecular complexity index is 278. The standard InChI is InChI=1S/C14H26N2/c1-10(2)14(4,5)16-13-7-6-11(3)8-12(13)9-15/h12-13,16H,1,3,6-9,15H2,2,4-5H3. The van der Waals surface area contributed by atoms with Crippen molar-refractivity contribution in [2.45, 2.75) is 51.6 Å². The molecule has 0 aromatic carbocycles. The first-order valence-electron chi connectivity index (χ1n) is 6.17. The first-order chi connectivity index (χ1) is 7.36. The van der Waals surface area contributed by atoms with E-state index in [4.69, 9.17) is 5.73 Å². The number of hydrogen-bond acceptors (Lipinski definition) is 2. The SMILES string of the molecule is C=C1CCC(NC(C)(C)C(=C)C)C(CN)C1. The Morgan fingerprint density at radius 1 is 1.56 bits per heavy atom. The molecule has 0 amide bonds. The highest BCUT2D eigenvalue weighted by Crippen LogP contribution is 2.29. The Morgan fingerprint density at radius 2 is 2.19 bits per heavy atom. The number of nitrogens with one attached hydrogen (secondary N) is 1. The average molecular weight is 222 g/mol. The van der Waals surface area contributed by atoms with Gasteiger partial charge < -0.3 is 11.1 Å². The van der Waals surface area contributed by atoms with Crippen LogP contribution in [0.5, 0.6) is 0 Å². The summed E-state index contributed by atoms with van der Waals surface area (Å²) in [5.41, 5.74) is 8.37. The zero-order chi connectivity index (χ0) is 12.3. The highest BCUT2D eigenvalue weighted by molar-refractivity contribution is 5.12. The van der Waals surface area contributed by atoms with Crippen molar-refractivity contribution in [2.24, 2.45) is 11.7 Å². The molecule has 2 heteroatoms. The van der Waals surface area contributed by atoms with E-state index in [2.05, 4.69) is 39.2 Å². The molecule has 92 valence electrons. The molecule has 0 saturated heterocycles. The third kappa shape index (κ3) is 3.19. The minimum absolute atomic E-state index is 0.00321. The third-order valence-corrected chi connectivity index (χ3v) is 3.84. The molecule has 2 atom stereocenters. The van der Waals surface area contributed by atoms with Crippen molar-refractivity contribution in [1.29, 1.82) is 0 Å². The van der Waals surface area contributed by atoms with Gasteiger partial charge in [-0.05, 0) is 52.5 Å². The van der Waals surface area contributed by atoms with E-state index in [1.807, 2.05) is 0 Å². The smallest absolute Gasteiger partial charge is 0.0333 e. The van der Waals surface area contributed by atoms with Crippen molar-refractivity contribution in [3.63, 3.8) is 0 Å². The van der Waals surface area contributed by atoms with Crippen molar-refractivity contribution >= 4 is 0 Å². The van der Waals surface area contributed by atoms with Crippen molar-refractivity contribution in [2.75, 3.05) is 6.54 Å². The summed E-state index contributed by atoms with van der Waals surface area (Å²) in [4.78, 5) is 0. The van der Waals surface area contributed by atoms with Gasteiger partial charge in [0.15, 0.2) is 0 Å². The predicted octanol–water partition coefficient (Wildman–Crippen LogP) is 2.61. The van der Waals surface area contributed by atoms with Gasteiger partial charge in [-0.15, -0.1) is 0 Å². The summed E-state index contributed by atoms with van der Waals surface area (Å²) in [6, 6.07) is 0.502. The Labute approximate surface area is 100.0 Å². The monoisotopic (exact) mass is 222 g/mol. The summed E-state index contributed by atoms with van der Waals surface area (Å²) in [5, 5.41) is 3.70. The number of allylic oxidation sites excluding steroid dienone is 1. The van der Waals surface area contributed by atoms with Gasteiger partial charge in [-0.1, -0.05) is 24.3 Å². The largest absolute Gasteiger partial charge is 0.330 e. The maximum atomic E-state index is 5.85. The van der Waals surface area contributed by atoms with E-state index < -0.39 is 0 Å². The summed E-state index contributed by atoms with van der Waals surface area (Å²) in [6.07, 6.45) is 3.35. The predicted molar refractivity (Wildman–Crippen MR) is 71.4 cm³/mol. The van der Waals surface area contributed by atoms with Gasteiger partial charge in [0.2, 0.25) is 0 Å². The molecule has 1 rings (SSSR count). The number of rotatable bonds is 4. The van der Waals surface area contributed by atoms with Crippen LogP contribution >= 0.6 is 0 Å². The van der Waals surface area contributed by atoms with Gasteiger partial charge in [-0.25, -0.2) is 0 Å². The molecular weight excluding hydrogens is 196 g/mol. The van der Waals surface area contributed by atoms with E-state index in [0.29, 0.717) is 12.0 Å². The molecule has 0 aliphatic heterocycles. The Kier molecular flexibility index (Phi) is 4.34. The van der Waals surface area contributed by atoms with E-state index in [1.165, 1.54) is 11.1 Å². The Balaban J connectivity index is 2.65. The normalized spacial score (nSPS) is 26.9. The van der Waals surface area contributed by atoms with Crippen LogP contribution in [0.25, 0.3) is 0 Å². The summed E-state index contributed by atoms with van der Waals surface area (Å²) in [6.45, 7) is 15.3. The molecule has 0 aromatic rings. The van der Waals surface area contributed by atoms with Gasteiger partial charge in [0.05, 0.1) is 0 Å². The van der Waals surface area contributed by atoms with Crippen LogP contribution in [0.2, 0.25) is 0 Å². The van der Waals surface area contributed by atoms with Crippen LogP contribution < -0.4 is 11.1 Å². The van der Waals surface area contributed by atoms with E-state index >= 15 is 0 Å². The van der Waals surface area contributed by atoms with Gasteiger partial charge in [-0.3, -0.25) is 0 Å². The van der Waals surface area contributed by atoms with Gasteiger partial charge in [-0.2, -0.15) is 0 Å². The highest BCUT2D eigenvalue weighted by atomic mass is 15.0. The minimum Gasteiger partial charge on any atom is -0.330 e. The molecule has 1 fully saturated rings.